The molecule has 0 aromatic heterocycles. The number of carbonyl (C=O) groups excluding carboxylic acids is 5. The van der Waals surface area contributed by atoms with Crippen LogP contribution in [-0.2, 0) is 43.7 Å². The number of amides is 4. The zero-order chi connectivity index (χ0) is 40.8. The van der Waals surface area contributed by atoms with Gasteiger partial charge >= 0.3 is 6.18 Å². The largest absolute Gasteiger partial charge is 0.452 e. The molecule has 0 fully saturated rings. The van der Waals surface area contributed by atoms with E-state index in [0.717, 1.165) is 11.1 Å². The molecule has 11 nitrogen and oxygen atoms in total. The zero-order valence-electron chi connectivity index (χ0n) is 30.2. The van der Waals surface area contributed by atoms with E-state index >= 15 is 0 Å². The molecule has 1 aliphatic carbocycles. The van der Waals surface area contributed by atoms with E-state index in [1.807, 2.05) is 29.0 Å². The molecule has 2 atom stereocenters. The van der Waals surface area contributed by atoms with Crippen molar-refractivity contribution < 1.29 is 45.6 Å². The van der Waals surface area contributed by atoms with Crippen LogP contribution < -0.4 is 15.4 Å². The van der Waals surface area contributed by atoms with Gasteiger partial charge in [0.25, 0.3) is 27.6 Å². The first-order valence-corrected chi connectivity index (χ1v) is 19.3. The molecule has 1 unspecified atom stereocenters. The van der Waals surface area contributed by atoms with Crippen molar-refractivity contribution in [3.05, 3.63) is 136 Å². The second-order valence-corrected chi connectivity index (χ2v) is 15.7. The van der Waals surface area contributed by atoms with Crippen LogP contribution in [0.25, 0.3) is 0 Å². The third-order valence-corrected chi connectivity index (χ3v) is 10.9. The quantitative estimate of drug-likeness (QED) is 0.161. The molecule has 1 aliphatic rings. The number of hydrogen-bond donors (Lipinski definition) is 3. The summed E-state index contributed by atoms with van der Waals surface area (Å²) in [6.45, 7) is 2.63. The van der Waals surface area contributed by atoms with Gasteiger partial charge in [-0.25, -0.2) is 13.1 Å². The van der Waals surface area contributed by atoms with Crippen molar-refractivity contribution in [2.75, 3.05) is 6.54 Å². The molecule has 3 N–H and O–H groups in total. The number of sulfonamides is 1. The predicted molar refractivity (Wildman–Crippen MR) is 201 cm³/mol. The van der Waals surface area contributed by atoms with E-state index < -0.39 is 82.6 Å². The number of benzene rings is 4. The molecule has 4 aromatic carbocycles. The Morgan fingerprint density at radius 2 is 1.30 bits per heavy atom. The Kier molecular flexibility index (Phi) is 13.0. The third-order valence-electron chi connectivity index (χ3n) is 9.26. The van der Waals surface area contributed by atoms with E-state index in [2.05, 4.69) is 10.6 Å². The van der Waals surface area contributed by atoms with Crippen molar-refractivity contribution in [1.29, 1.82) is 0 Å². The number of halogens is 4. The zero-order valence-corrected chi connectivity index (χ0v) is 31.8. The fourth-order valence-corrected chi connectivity index (χ4v) is 7.44. The van der Waals surface area contributed by atoms with Gasteiger partial charge < -0.3 is 15.5 Å². The van der Waals surface area contributed by atoms with Gasteiger partial charge in [-0.2, -0.15) is 13.2 Å². The predicted octanol–water partition coefficient (Wildman–Crippen LogP) is 5.07. The smallest absolute Gasteiger partial charge is 0.344 e. The molecule has 0 radical (unpaired) electrons. The number of carbonyl (C=O) groups is 5. The monoisotopic (exact) mass is 810 g/mol. The van der Waals surface area contributed by atoms with Crippen molar-refractivity contribution in [2.24, 2.45) is 5.92 Å². The molecule has 0 spiro atoms. The highest BCUT2D eigenvalue weighted by Gasteiger charge is 2.44. The summed E-state index contributed by atoms with van der Waals surface area (Å²) in [6, 6.07) is 21.7. The number of nitrogens with one attached hydrogen (secondary N) is 3. The minimum atomic E-state index is -5.24. The lowest BCUT2D eigenvalue weighted by atomic mass is 10.00. The molecule has 4 amide bonds. The molecule has 0 saturated heterocycles. The molecule has 0 heterocycles. The van der Waals surface area contributed by atoms with Crippen LogP contribution in [0.15, 0.2) is 108 Å². The van der Waals surface area contributed by atoms with Crippen LogP contribution >= 0.6 is 11.6 Å². The maximum atomic E-state index is 14.4. The lowest BCUT2D eigenvalue weighted by molar-refractivity contribution is -0.173. The van der Waals surface area contributed by atoms with Crippen LogP contribution in [0.3, 0.4) is 0 Å². The normalized spacial score (nSPS) is 14.0. The minimum absolute atomic E-state index is 0.0209. The Bertz CT molecular complexity index is 2180. The maximum Gasteiger partial charge on any atom is 0.452 e. The number of hydrogen-bond acceptors (Lipinski definition) is 7. The number of nitrogens with zero attached hydrogens (tertiary/aromatic N) is 1. The number of Topliss-reactive ketones (excluding diaryl/α,β-unsaturated/α-hetero) is 1. The van der Waals surface area contributed by atoms with Crippen LogP contribution in [0.1, 0.15) is 51.3 Å². The highest BCUT2D eigenvalue weighted by Crippen LogP contribution is 2.27. The molecule has 0 bridgehead atoms. The highest BCUT2D eigenvalue weighted by atomic mass is 35.5. The van der Waals surface area contributed by atoms with Gasteiger partial charge in [-0.3, -0.25) is 24.0 Å². The SMILES string of the molecule is CC(C)[C@H](NC(=O)c1ccc(C(=O)NS(=O)(=O)c2ccc(Cl)cc2)cc1)C(=O)N(CC(=O)NC(Cc1ccccc1)C(=O)C(F)(F)F)C1Cc2ccccc2C1. The summed E-state index contributed by atoms with van der Waals surface area (Å²) < 4.78 is 68.2. The first-order valence-electron chi connectivity index (χ1n) is 17.5. The lowest BCUT2D eigenvalue weighted by Gasteiger charge is -2.34. The Labute approximate surface area is 326 Å². The maximum absolute atomic E-state index is 14.4. The Hall–Kier alpha value is -5.54. The summed E-state index contributed by atoms with van der Waals surface area (Å²) in [6.07, 6.45) is -5.00. The molecule has 294 valence electrons. The van der Waals surface area contributed by atoms with E-state index in [1.165, 1.54) is 65.6 Å². The summed E-state index contributed by atoms with van der Waals surface area (Å²) in [5, 5.41) is 5.20. The fraction of sp³-hybridized carbons (Fsp3) is 0.275. The van der Waals surface area contributed by atoms with E-state index in [4.69, 9.17) is 11.6 Å². The van der Waals surface area contributed by atoms with E-state index in [9.17, 15) is 45.6 Å². The topological polar surface area (TPSA) is 159 Å². The molecule has 4 aromatic rings. The van der Waals surface area contributed by atoms with Gasteiger partial charge in [0.2, 0.25) is 11.8 Å². The van der Waals surface area contributed by atoms with Crippen LogP contribution in [-0.4, -0.2) is 73.6 Å². The van der Waals surface area contributed by atoms with E-state index in [1.54, 1.807) is 32.0 Å². The summed E-state index contributed by atoms with van der Waals surface area (Å²) in [4.78, 5) is 67.7. The van der Waals surface area contributed by atoms with Crippen molar-refractivity contribution in [3.8, 4) is 0 Å². The van der Waals surface area contributed by atoms with Crippen LogP contribution in [0.2, 0.25) is 5.02 Å². The van der Waals surface area contributed by atoms with Gasteiger partial charge in [-0.15, -0.1) is 0 Å². The highest BCUT2D eigenvalue weighted by molar-refractivity contribution is 7.90. The van der Waals surface area contributed by atoms with Crippen LogP contribution in [0, 0.1) is 5.92 Å². The lowest BCUT2D eigenvalue weighted by Crippen LogP contribution is -2.57. The second kappa shape index (κ2) is 17.5. The molecular weight excluding hydrogens is 773 g/mol. The average molecular weight is 811 g/mol. The Balaban J connectivity index is 1.33. The van der Waals surface area contributed by atoms with Gasteiger partial charge in [0, 0.05) is 28.6 Å². The van der Waals surface area contributed by atoms with Crippen LogP contribution in [0.5, 0.6) is 0 Å². The number of ketones is 1. The number of fused-ring (bicyclic) bond motifs is 1. The van der Waals surface area contributed by atoms with Gasteiger partial charge in [0.1, 0.15) is 12.1 Å². The average Bonchev–Trinajstić information content (AvgIpc) is 3.59. The van der Waals surface area contributed by atoms with Crippen molar-refractivity contribution in [3.63, 3.8) is 0 Å². The summed E-state index contributed by atoms with van der Waals surface area (Å²) >= 11 is 5.82. The number of alkyl halides is 3. The minimum Gasteiger partial charge on any atom is -0.344 e. The van der Waals surface area contributed by atoms with Gasteiger partial charge in [0.05, 0.1) is 11.4 Å². The van der Waals surface area contributed by atoms with Gasteiger partial charge in [-0.05, 0) is 84.0 Å². The van der Waals surface area contributed by atoms with Crippen molar-refractivity contribution >= 4 is 51.0 Å². The van der Waals surface area contributed by atoms with E-state index in [0.29, 0.717) is 23.4 Å². The van der Waals surface area contributed by atoms with Crippen molar-refractivity contribution in [2.45, 2.75) is 62.3 Å². The Morgan fingerprint density at radius 3 is 1.84 bits per heavy atom. The van der Waals surface area contributed by atoms with Crippen molar-refractivity contribution in [1.82, 2.24) is 20.3 Å². The fourth-order valence-electron chi connectivity index (χ4n) is 6.34. The Morgan fingerprint density at radius 1 is 0.768 bits per heavy atom. The first kappa shape index (κ1) is 41.6. The number of rotatable bonds is 14. The molecule has 56 heavy (non-hydrogen) atoms. The summed E-state index contributed by atoms with van der Waals surface area (Å²) in [7, 11) is -4.23. The first-order chi connectivity index (χ1) is 26.4. The standard InChI is InChI=1S/C40H38ClF3N4O7S/c1-24(2)35(46-37(51)26-12-14-27(15-13-26)38(52)47-56(54,55)32-18-16-30(41)17-19-32)39(53)48(31-21-28-10-6-7-11-29(28)22-31)23-34(49)45-33(36(50)40(42,43)44)20-25-8-4-3-5-9-25/h3-19,24,31,33,35H,20-23H2,1-2H3,(H,45,49)(H,46,51)(H,47,52)/t33?,35-/m0/s1. The third kappa shape index (κ3) is 10.4. The summed E-state index contributed by atoms with van der Waals surface area (Å²) in [5.41, 5.74) is 2.16. The molecule has 16 heteroatoms. The molecule has 5 rings (SSSR count). The van der Waals surface area contributed by atoms with Gasteiger partial charge in [-0.1, -0.05) is 80.0 Å². The van der Waals surface area contributed by atoms with Crippen LogP contribution in [0.4, 0.5) is 13.2 Å². The second-order valence-electron chi connectivity index (χ2n) is 13.6. The van der Waals surface area contributed by atoms with Gasteiger partial charge in [0.15, 0.2) is 0 Å². The molecular formula is C40H38ClF3N4O7S. The molecule has 0 aliphatic heterocycles. The summed E-state index contributed by atoms with van der Waals surface area (Å²) in [5.74, 6) is -6.03. The molecule has 0 saturated carbocycles. The van der Waals surface area contributed by atoms with E-state index in [-0.39, 0.29) is 16.0 Å².